The van der Waals surface area contributed by atoms with Gasteiger partial charge in [0, 0.05) is 37.0 Å². The molecule has 7 nitrogen and oxygen atoms in total. The van der Waals surface area contributed by atoms with Gasteiger partial charge in [-0.15, -0.1) is 0 Å². The summed E-state index contributed by atoms with van der Waals surface area (Å²) in [5, 5.41) is 0. The standard InChI is InChI=1S/C19H23FN2O5S/c1-13-11-17(14(2)22(13)3)18(23)12-27-19(24)5-4-10-21-28(25,26)16-8-6-15(20)7-9-16/h6-9,11,21H,4-5,10,12H2,1-3H3. The van der Waals surface area contributed by atoms with Crippen molar-refractivity contribution in [3.05, 3.63) is 53.1 Å². The van der Waals surface area contributed by atoms with E-state index in [4.69, 9.17) is 4.74 Å². The van der Waals surface area contributed by atoms with E-state index >= 15 is 0 Å². The normalized spacial score (nSPS) is 11.4. The molecule has 0 amide bonds. The summed E-state index contributed by atoms with van der Waals surface area (Å²) in [5.41, 5.74) is 2.24. The van der Waals surface area contributed by atoms with Crippen LogP contribution in [-0.2, 0) is 26.6 Å². The van der Waals surface area contributed by atoms with Crippen LogP contribution >= 0.6 is 0 Å². The van der Waals surface area contributed by atoms with E-state index in [-0.39, 0.29) is 36.7 Å². The SMILES string of the molecule is Cc1cc(C(=O)COC(=O)CCCNS(=O)(=O)c2ccc(F)cc2)c(C)n1C. The van der Waals surface area contributed by atoms with Gasteiger partial charge in [-0.3, -0.25) is 9.59 Å². The van der Waals surface area contributed by atoms with E-state index in [2.05, 4.69) is 4.72 Å². The van der Waals surface area contributed by atoms with E-state index in [1.807, 2.05) is 25.5 Å². The van der Waals surface area contributed by atoms with Crippen molar-refractivity contribution in [3.63, 3.8) is 0 Å². The number of aryl methyl sites for hydroxylation is 1. The highest BCUT2D eigenvalue weighted by molar-refractivity contribution is 7.89. The molecule has 152 valence electrons. The van der Waals surface area contributed by atoms with Crippen LogP contribution in [-0.4, -0.2) is 37.9 Å². The van der Waals surface area contributed by atoms with Crippen molar-refractivity contribution < 1.29 is 27.1 Å². The molecule has 0 atom stereocenters. The third-order valence-electron chi connectivity index (χ3n) is 4.41. The Bertz CT molecular complexity index is 965. The van der Waals surface area contributed by atoms with Crippen molar-refractivity contribution in [3.8, 4) is 0 Å². The van der Waals surface area contributed by atoms with Gasteiger partial charge in [0.25, 0.3) is 0 Å². The van der Waals surface area contributed by atoms with Crippen LogP contribution in [0.1, 0.15) is 34.6 Å². The molecule has 9 heteroatoms. The molecule has 0 unspecified atom stereocenters. The molecule has 1 aromatic carbocycles. The molecule has 0 aliphatic carbocycles. The maximum Gasteiger partial charge on any atom is 0.306 e. The number of hydrogen-bond acceptors (Lipinski definition) is 5. The molecule has 0 bridgehead atoms. The Balaban J connectivity index is 1.74. The lowest BCUT2D eigenvalue weighted by Crippen LogP contribution is -2.25. The zero-order valence-corrected chi connectivity index (χ0v) is 16.8. The Morgan fingerprint density at radius 3 is 2.39 bits per heavy atom. The Morgan fingerprint density at radius 2 is 1.82 bits per heavy atom. The number of sulfonamides is 1. The first-order chi connectivity index (χ1) is 13.1. The second kappa shape index (κ2) is 9.11. The first kappa shape index (κ1) is 21.8. The number of aromatic nitrogens is 1. The van der Waals surface area contributed by atoms with Crippen LogP contribution in [0.4, 0.5) is 4.39 Å². The number of ketones is 1. The van der Waals surface area contributed by atoms with Crippen molar-refractivity contribution in [1.29, 1.82) is 0 Å². The largest absolute Gasteiger partial charge is 0.457 e. The second-order valence-electron chi connectivity index (χ2n) is 6.38. The highest BCUT2D eigenvalue weighted by Crippen LogP contribution is 2.14. The van der Waals surface area contributed by atoms with Crippen molar-refractivity contribution in [2.24, 2.45) is 7.05 Å². The van der Waals surface area contributed by atoms with Gasteiger partial charge in [0.1, 0.15) is 5.82 Å². The average molecular weight is 410 g/mol. The molecule has 28 heavy (non-hydrogen) atoms. The lowest BCUT2D eigenvalue weighted by molar-refractivity contribution is -0.142. The number of hydrogen-bond donors (Lipinski definition) is 1. The number of Topliss-reactive ketones (excluding diaryl/α,β-unsaturated/α-hetero) is 1. The van der Waals surface area contributed by atoms with Crippen molar-refractivity contribution >= 4 is 21.8 Å². The summed E-state index contributed by atoms with van der Waals surface area (Å²) in [6.07, 6.45) is 0.170. The van der Waals surface area contributed by atoms with Gasteiger partial charge >= 0.3 is 5.97 Å². The minimum Gasteiger partial charge on any atom is -0.457 e. The van der Waals surface area contributed by atoms with Gasteiger partial charge in [0.15, 0.2) is 6.61 Å². The van der Waals surface area contributed by atoms with E-state index in [1.54, 1.807) is 6.07 Å². The number of esters is 1. The van der Waals surface area contributed by atoms with Gasteiger partial charge in [-0.05, 0) is 50.6 Å². The Hall–Kier alpha value is -2.52. The molecule has 1 aromatic heterocycles. The fourth-order valence-corrected chi connectivity index (χ4v) is 3.64. The lowest BCUT2D eigenvalue weighted by Gasteiger charge is -2.07. The molecule has 0 radical (unpaired) electrons. The van der Waals surface area contributed by atoms with Crippen LogP contribution in [0.25, 0.3) is 0 Å². The second-order valence-corrected chi connectivity index (χ2v) is 8.15. The van der Waals surface area contributed by atoms with Gasteiger partial charge in [0.2, 0.25) is 15.8 Å². The summed E-state index contributed by atoms with van der Waals surface area (Å²) in [6.45, 7) is 3.35. The third kappa shape index (κ3) is 5.49. The average Bonchev–Trinajstić information content (AvgIpc) is 2.91. The monoisotopic (exact) mass is 410 g/mol. The van der Waals surface area contributed by atoms with Crippen molar-refractivity contribution in [2.75, 3.05) is 13.2 Å². The number of benzene rings is 1. The minimum absolute atomic E-state index is 0.0136. The molecule has 2 aromatic rings. The number of carbonyl (C=O) groups excluding carboxylic acids is 2. The number of halogens is 1. The molecule has 0 spiro atoms. The quantitative estimate of drug-likeness (QED) is 0.389. The summed E-state index contributed by atoms with van der Waals surface area (Å²) in [4.78, 5) is 23.9. The first-order valence-electron chi connectivity index (χ1n) is 8.69. The fourth-order valence-electron chi connectivity index (χ4n) is 2.57. The summed E-state index contributed by atoms with van der Waals surface area (Å²) in [6, 6.07) is 6.17. The van der Waals surface area contributed by atoms with E-state index < -0.39 is 21.8 Å². The Labute approximate surface area is 163 Å². The van der Waals surface area contributed by atoms with E-state index in [9.17, 15) is 22.4 Å². The summed E-state index contributed by atoms with van der Waals surface area (Å²) < 4.78 is 46.1. The molecule has 0 fully saturated rings. The van der Waals surface area contributed by atoms with Crippen LogP contribution in [0, 0.1) is 19.7 Å². The van der Waals surface area contributed by atoms with Gasteiger partial charge in [0.05, 0.1) is 4.90 Å². The molecule has 1 N–H and O–H groups in total. The molecule has 2 rings (SSSR count). The molecular weight excluding hydrogens is 387 g/mol. The zero-order valence-electron chi connectivity index (χ0n) is 16.0. The number of nitrogens with zero attached hydrogens (tertiary/aromatic N) is 1. The number of carbonyl (C=O) groups is 2. The first-order valence-corrected chi connectivity index (χ1v) is 10.2. The van der Waals surface area contributed by atoms with Crippen molar-refractivity contribution in [1.82, 2.24) is 9.29 Å². The Morgan fingerprint density at radius 1 is 1.18 bits per heavy atom. The van der Waals surface area contributed by atoms with E-state index in [1.165, 1.54) is 0 Å². The fraction of sp³-hybridized carbons (Fsp3) is 0.368. The number of rotatable bonds is 9. The maximum absolute atomic E-state index is 12.9. The van der Waals surface area contributed by atoms with E-state index in [0.29, 0.717) is 5.56 Å². The number of ether oxygens (including phenoxy) is 1. The lowest BCUT2D eigenvalue weighted by atomic mass is 10.1. The van der Waals surface area contributed by atoms with Crippen LogP contribution < -0.4 is 4.72 Å². The van der Waals surface area contributed by atoms with Gasteiger partial charge in [-0.25, -0.2) is 17.5 Å². The summed E-state index contributed by atoms with van der Waals surface area (Å²) in [5.74, 6) is -1.40. The van der Waals surface area contributed by atoms with Gasteiger partial charge in [-0.1, -0.05) is 0 Å². The predicted molar refractivity (Wildman–Crippen MR) is 101 cm³/mol. The highest BCUT2D eigenvalue weighted by atomic mass is 32.2. The smallest absolute Gasteiger partial charge is 0.306 e. The zero-order chi connectivity index (χ0) is 20.9. The molecule has 0 saturated carbocycles. The summed E-state index contributed by atoms with van der Waals surface area (Å²) in [7, 11) is -1.92. The van der Waals surface area contributed by atoms with Gasteiger partial charge in [-0.2, -0.15) is 0 Å². The topological polar surface area (TPSA) is 94.5 Å². The molecule has 0 saturated heterocycles. The molecule has 0 aliphatic heterocycles. The van der Waals surface area contributed by atoms with Crippen LogP contribution in [0.2, 0.25) is 0 Å². The Kier molecular flexibility index (Phi) is 7.09. The molecular formula is C19H23FN2O5S. The predicted octanol–water partition coefficient (Wildman–Crippen LogP) is 2.27. The highest BCUT2D eigenvalue weighted by Gasteiger charge is 2.17. The molecule has 0 aliphatic rings. The third-order valence-corrected chi connectivity index (χ3v) is 5.89. The van der Waals surface area contributed by atoms with Crippen LogP contribution in [0.5, 0.6) is 0 Å². The maximum atomic E-state index is 12.9. The summed E-state index contributed by atoms with van der Waals surface area (Å²) >= 11 is 0. The van der Waals surface area contributed by atoms with Gasteiger partial charge < -0.3 is 9.30 Å². The number of nitrogens with one attached hydrogen (secondary N) is 1. The van der Waals surface area contributed by atoms with Crippen LogP contribution in [0.15, 0.2) is 35.2 Å². The molecule has 1 heterocycles. The van der Waals surface area contributed by atoms with Crippen LogP contribution in [0.3, 0.4) is 0 Å². The minimum atomic E-state index is -3.77. The van der Waals surface area contributed by atoms with Crippen molar-refractivity contribution in [2.45, 2.75) is 31.6 Å². The van der Waals surface area contributed by atoms with E-state index in [0.717, 1.165) is 35.7 Å².